The Balaban J connectivity index is 2.08. The van der Waals surface area contributed by atoms with Gasteiger partial charge in [0.2, 0.25) is 0 Å². The maximum Gasteiger partial charge on any atom is 0.280 e. The number of anilines is 1. The van der Waals surface area contributed by atoms with Crippen LogP contribution in [0.3, 0.4) is 0 Å². The first-order valence-corrected chi connectivity index (χ1v) is 8.10. The molecule has 0 radical (unpaired) electrons. The van der Waals surface area contributed by atoms with Crippen molar-refractivity contribution >= 4 is 17.4 Å². The summed E-state index contributed by atoms with van der Waals surface area (Å²) < 4.78 is 76.3. The van der Waals surface area contributed by atoms with Gasteiger partial charge in [-0.05, 0) is 6.07 Å². The average molecular weight is 402 g/mol. The Hall–Kier alpha value is -2.98. The summed E-state index contributed by atoms with van der Waals surface area (Å²) in [5.74, 6) is -8.08. The molecule has 0 bridgehead atoms. The third-order valence-electron chi connectivity index (χ3n) is 4.41. The highest BCUT2D eigenvalue weighted by molar-refractivity contribution is 6.02. The third-order valence-corrected chi connectivity index (χ3v) is 4.41. The molecule has 1 amide bonds. The quantitative estimate of drug-likeness (QED) is 0.766. The number of alkyl halides is 3. The van der Waals surface area contributed by atoms with Crippen LogP contribution in [0, 0.1) is 18.6 Å². The van der Waals surface area contributed by atoms with Crippen LogP contribution in [0.1, 0.15) is 34.8 Å². The number of rotatable bonds is 4. The van der Waals surface area contributed by atoms with Crippen molar-refractivity contribution in [3.05, 3.63) is 47.2 Å². The van der Waals surface area contributed by atoms with E-state index in [1.165, 1.54) is 6.92 Å². The zero-order valence-electron chi connectivity index (χ0n) is 14.5. The van der Waals surface area contributed by atoms with E-state index in [9.17, 15) is 26.7 Å². The molecule has 1 aliphatic rings. The van der Waals surface area contributed by atoms with E-state index in [1.807, 2.05) is 0 Å². The number of amides is 1. The van der Waals surface area contributed by atoms with Gasteiger partial charge >= 0.3 is 0 Å². The Bertz CT molecular complexity index is 959. The maximum absolute atomic E-state index is 14.6. The van der Waals surface area contributed by atoms with Gasteiger partial charge in [0.15, 0.2) is 28.8 Å². The van der Waals surface area contributed by atoms with E-state index in [4.69, 9.17) is 10.2 Å². The summed E-state index contributed by atoms with van der Waals surface area (Å²) >= 11 is 0. The van der Waals surface area contributed by atoms with Crippen molar-refractivity contribution in [2.45, 2.75) is 31.2 Å². The molecule has 1 aliphatic heterocycles. The average Bonchev–Trinajstić information content (AvgIpc) is 3.07. The molecule has 0 spiro atoms. The van der Waals surface area contributed by atoms with Crippen LogP contribution >= 0.6 is 0 Å². The Morgan fingerprint density at radius 1 is 1.36 bits per heavy atom. The van der Waals surface area contributed by atoms with Crippen molar-refractivity contribution in [2.75, 3.05) is 12.0 Å². The van der Waals surface area contributed by atoms with E-state index in [0.717, 1.165) is 6.26 Å². The van der Waals surface area contributed by atoms with E-state index < -0.39 is 47.7 Å². The van der Waals surface area contributed by atoms with Crippen LogP contribution in [0.15, 0.2) is 27.8 Å². The molecule has 1 atom stereocenters. The van der Waals surface area contributed by atoms with Crippen molar-refractivity contribution in [1.29, 1.82) is 0 Å². The third kappa shape index (κ3) is 3.20. The van der Waals surface area contributed by atoms with Crippen LogP contribution in [-0.2, 0) is 5.54 Å². The lowest BCUT2D eigenvalue weighted by molar-refractivity contribution is -0.0960. The zero-order chi connectivity index (χ0) is 20.7. The molecule has 3 rings (SSSR count). The molecule has 0 saturated carbocycles. The summed E-state index contributed by atoms with van der Waals surface area (Å²) in [4.78, 5) is 19.3. The molecular weight excluding hydrogens is 387 g/mol. The molecule has 0 aliphatic carbocycles. The molecule has 0 saturated heterocycles. The number of benzene rings is 1. The largest absolute Gasteiger partial charge is 0.448 e. The number of nitrogens with two attached hydrogens (primary N) is 1. The molecular formula is C17H15F5N4O2. The molecule has 2 heterocycles. The first kappa shape index (κ1) is 19.8. The lowest BCUT2D eigenvalue weighted by Crippen LogP contribution is -2.51. The number of nitrogens with zero attached hydrogens (tertiary/aromatic N) is 2. The number of amidine groups is 1. The van der Waals surface area contributed by atoms with Crippen molar-refractivity contribution in [1.82, 2.24) is 4.98 Å². The zero-order valence-corrected chi connectivity index (χ0v) is 14.5. The summed E-state index contributed by atoms with van der Waals surface area (Å²) in [5, 5.41) is 2.18. The standard InChI is InChI=1S/C17H15F5N4O2/c1-8-24-12(6-28-8)15(27)25-9-4-10(14(20)11(19)5-9)16(7-18)17(21,22)3-2-13(23)26-16/h4-6H,2-3,7H2,1H3,(H2,23,26)(H,25,27)/t16-/m1/s1. The minimum Gasteiger partial charge on any atom is -0.448 e. The van der Waals surface area contributed by atoms with Gasteiger partial charge < -0.3 is 15.5 Å². The SMILES string of the molecule is Cc1nc(C(=O)Nc2cc(F)c(F)c([C@@]3(CF)N=C(N)CCC3(F)F)c2)co1. The first-order chi connectivity index (χ1) is 13.1. The normalized spacial score (nSPS) is 21.3. The maximum atomic E-state index is 14.6. The highest BCUT2D eigenvalue weighted by atomic mass is 19.3. The van der Waals surface area contributed by atoms with Gasteiger partial charge in [-0.3, -0.25) is 9.79 Å². The predicted octanol–water partition coefficient (Wildman–Crippen LogP) is 3.46. The number of halogens is 5. The molecule has 6 nitrogen and oxygen atoms in total. The van der Waals surface area contributed by atoms with Crippen LogP contribution in [0.25, 0.3) is 0 Å². The van der Waals surface area contributed by atoms with Gasteiger partial charge in [-0.25, -0.2) is 26.9 Å². The number of aromatic nitrogens is 1. The Kier molecular flexibility index (Phi) is 4.86. The Labute approximate surface area is 155 Å². The van der Waals surface area contributed by atoms with E-state index in [0.29, 0.717) is 12.1 Å². The van der Waals surface area contributed by atoms with Gasteiger partial charge in [0.25, 0.3) is 11.8 Å². The Morgan fingerprint density at radius 2 is 2.07 bits per heavy atom. The highest BCUT2D eigenvalue weighted by Gasteiger charge is 2.58. The number of aryl methyl sites for hydroxylation is 1. The number of carbonyl (C=O) groups is 1. The molecule has 0 unspecified atom stereocenters. The summed E-state index contributed by atoms with van der Waals surface area (Å²) in [6.07, 6.45) is -0.183. The van der Waals surface area contributed by atoms with Crippen LogP contribution in [0.4, 0.5) is 27.6 Å². The number of hydrogen-bond donors (Lipinski definition) is 2. The van der Waals surface area contributed by atoms with Crippen molar-refractivity contribution in [2.24, 2.45) is 10.7 Å². The van der Waals surface area contributed by atoms with Gasteiger partial charge in [0, 0.05) is 37.1 Å². The lowest BCUT2D eigenvalue weighted by atomic mass is 9.80. The van der Waals surface area contributed by atoms with Crippen LogP contribution in [0.5, 0.6) is 0 Å². The fourth-order valence-corrected chi connectivity index (χ4v) is 2.96. The van der Waals surface area contributed by atoms with Crippen molar-refractivity contribution < 1.29 is 31.2 Å². The molecule has 1 aromatic carbocycles. The van der Waals surface area contributed by atoms with Crippen LogP contribution in [-0.4, -0.2) is 29.3 Å². The smallest absolute Gasteiger partial charge is 0.280 e. The Morgan fingerprint density at radius 3 is 2.68 bits per heavy atom. The second kappa shape index (κ2) is 6.88. The van der Waals surface area contributed by atoms with Gasteiger partial charge in [0.1, 0.15) is 12.9 Å². The number of aliphatic imine (C=N–C) groups is 1. The summed E-state index contributed by atoms with van der Waals surface area (Å²) in [6, 6.07) is 1.28. The van der Waals surface area contributed by atoms with Crippen molar-refractivity contribution in [3.8, 4) is 0 Å². The second-order valence-electron chi connectivity index (χ2n) is 6.33. The molecule has 1 aromatic heterocycles. The predicted molar refractivity (Wildman–Crippen MR) is 89.0 cm³/mol. The molecule has 2 aromatic rings. The van der Waals surface area contributed by atoms with Gasteiger partial charge in [-0.2, -0.15) is 0 Å². The van der Waals surface area contributed by atoms with E-state index in [2.05, 4.69) is 15.3 Å². The molecule has 150 valence electrons. The van der Waals surface area contributed by atoms with Gasteiger partial charge in [-0.15, -0.1) is 0 Å². The van der Waals surface area contributed by atoms with Gasteiger partial charge in [0.05, 0.1) is 5.84 Å². The first-order valence-electron chi connectivity index (χ1n) is 8.10. The fraction of sp³-hybridized carbons (Fsp3) is 0.353. The van der Waals surface area contributed by atoms with E-state index >= 15 is 0 Å². The molecule has 3 N–H and O–H groups in total. The second-order valence-corrected chi connectivity index (χ2v) is 6.33. The number of oxazole rings is 1. The molecule has 28 heavy (non-hydrogen) atoms. The number of nitrogens with one attached hydrogen (secondary N) is 1. The van der Waals surface area contributed by atoms with Crippen LogP contribution in [0.2, 0.25) is 0 Å². The molecule has 11 heteroatoms. The number of carbonyl (C=O) groups excluding carboxylic acids is 1. The minimum atomic E-state index is -3.83. The van der Waals surface area contributed by atoms with E-state index in [1.54, 1.807) is 0 Å². The topological polar surface area (TPSA) is 93.5 Å². The summed E-state index contributed by atoms with van der Waals surface area (Å²) in [6.45, 7) is -0.345. The van der Waals surface area contributed by atoms with Crippen molar-refractivity contribution in [3.63, 3.8) is 0 Å². The van der Waals surface area contributed by atoms with E-state index in [-0.39, 0.29) is 29.5 Å². The highest BCUT2D eigenvalue weighted by Crippen LogP contribution is 2.48. The minimum absolute atomic E-state index is 0.172. The van der Waals surface area contributed by atoms with Gasteiger partial charge in [-0.1, -0.05) is 0 Å². The number of hydrogen-bond acceptors (Lipinski definition) is 5. The fourth-order valence-electron chi connectivity index (χ4n) is 2.96. The monoisotopic (exact) mass is 402 g/mol. The lowest BCUT2D eigenvalue weighted by Gasteiger charge is -2.39. The molecule has 0 fully saturated rings. The summed E-state index contributed by atoms with van der Waals surface area (Å²) in [5.41, 5.74) is 0.833. The summed E-state index contributed by atoms with van der Waals surface area (Å²) in [7, 11) is 0. The van der Waals surface area contributed by atoms with Crippen LogP contribution < -0.4 is 11.1 Å².